The molecule has 5 nitrogen and oxygen atoms in total. The Morgan fingerprint density at radius 3 is 1.94 bits per heavy atom. The lowest BCUT2D eigenvalue weighted by atomic mass is 10.1. The van der Waals surface area contributed by atoms with Gasteiger partial charge in [-0.15, -0.1) is 11.3 Å². The summed E-state index contributed by atoms with van der Waals surface area (Å²) in [7, 11) is 0. The topological polar surface area (TPSA) is 56.7 Å². The monoisotopic (exact) mass is 670 g/mol. The van der Waals surface area contributed by atoms with Crippen molar-refractivity contribution in [2.24, 2.45) is 0 Å². The highest BCUT2D eigenvalue weighted by Crippen LogP contribution is 2.43. The number of hydrogen-bond donors (Lipinski definition) is 0. The van der Waals surface area contributed by atoms with Crippen LogP contribution in [0.3, 0.4) is 0 Å². The molecule has 0 N–H and O–H groups in total. The molecule has 0 bridgehead atoms. The zero-order valence-corrected chi connectivity index (χ0v) is 27.9. The fourth-order valence-corrected chi connectivity index (χ4v) is 8.62. The van der Waals surface area contributed by atoms with E-state index in [1.54, 1.807) is 11.3 Å². The first-order valence-electron chi connectivity index (χ1n) is 16.9. The summed E-state index contributed by atoms with van der Waals surface area (Å²) in [5.74, 6) is 1.81. The molecular weight excluding hydrogens is 645 g/mol. The average Bonchev–Trinajstić information content (AvgIpc) is 3.88. The first-order valence-corrected chi connectivity index (χ1v) is 17.8. The number of rotatable bonds is 4. The van der Waals surface area contributed by atoms with Crippen LogP contribution in [-0.2, 0) is 0 Å². The van der Waals surface area contributed by atoms with Gasteiger partial charge in [0.05, 0.1) is 16.6 Å². The lowest BCUT2D eigenvalue weighted by Crippen LogP contribution is -2.00. The van der Waals surface area contributed by atoms with E-state index >= 15 is 0 Å². The molecule has 0 saturated heterocycles. The summed E-state index contributed by atoms with van der Waals surface area (Å²) in [6.07, 6.45) is 0. The Balaban J connectivity index is 1.18. The van der Waals surface area contributed by atoms with Gasteiger partial charge in [0.25, 0.3) is 0 Å². The van der Waals surface area contributed by atoms with E-state index in [1.165, 1.54) is 25.6 Å². The lowest BCUT2D eigenvalue weighted by Gasteiger charge is -2.09. The van der Waals surface area contributed by atoms with Gasteiger partial charge in [-0.1, -0.05) is 103 Å². The Morgan fingerprint density at radius 2 is 1.08 bits per heavy atom. The number of para-hydroxylation sites is 3. The Kier molecular flexibility index (Phi) is 6.05. The molecule has 11 aromatic rings. The summed E-state index contributed by atoms with van der Waals surface area (Å²) >= 11 is 1.80. The Labute approximate surface area is 295 Å². The average molecular weight is 671 g/mol. The summed E-state index contributed by atoms with van der Waals surface area (Å²) in [4.78, 5) is 15.3. The maximum absolute atomic E-state index is 7.01. The summed E-state index contributed by atoms with van der Waals surface area (Å²) in [5, 5.41) is 6.84. The van der Waals surface area contributed by atoms with Crippen LogP contribution in [0.25, 0.3) is 104 Å². The molecule has 6 heteroatoms. The number of thiophene rings is 1. The second kappa shape index (κ2) is 10.9. The molecule has 0 unspecified atom stereocenters. The molecule has 0 spiro atoms. The molecule has 0 fully saturated rings. The minimum Gasteiger partial charge on any atom is -0.453 e. The number of hydrogen-bond acceptors (Lipinski definition) is 5. The summed E-state index contributed by atoms with van der Waals surface area (Å²) in [5.41, 5.74) is 7.54. The number of fused-ring (bicyclic) bond motifs is 10. The predicted molar refractivity (Wildman–Crippen MR) is 211 cm³/mol. The van der Waals surface area contributed by atoms with E-state index in [-0.39, 0.29) is 0 Å². The van der Waals surface area contributed by atoms with Gasteiger partial charge in [-0.3, -0.25) is 0 Å². The van der Waals surface area contributed by atoms with E-state index in [0.29, 0.717) is 17.5 Å². The zero-order chi connectivity index (χ0) is 33.5. The Bertz CT molecular complexity index is 3140. The second-order valence-electron chi connectivity index (χ2n) is 12.8. The van der Waals surface area contributed by atoms with Crippen LogP contribution in [0.4, 0.5) is 0 Å². The fourth-order valence-electron chi connectivity index (χ4n) is 7.53. The van der Waals surface area contributed by atoms with Crippen molar-refractivity contribution >= 4 is 75.3 Å². The standard InChI is InChI=1S/C45H26N4OS/c1-3-12-27(13-4-1)43-46-44(28-22-25-39-36(26-28)31-17-8-10-21-38(31)51-39)48-45(47-43)35-19-11-18-33-34-24-23-32-30-16-7-9-20-37(30)49(29-14-5-2-6-15-29)40(32)42(34)50-41(33)35/h1-26H. The van der Waals surface area contributed by atoms with E-state index in [9.17, 15) is 0 Å². The smallest absolute Gasteiger partial charge is 0.167 e. The largest absolute Gasteiger partial charge is 0.453 e. The van der Waals surface area contributed by atoms with Crippen LogP contribution in [0.15, 0.2) is 162 Å². The molecule has 4 aromatic heterocycles. The molecule has 0 radical (unpaired) electrons. The van der Waals surface area contributed by atoms with Crippen molar-refractivity contribution < 1.29 is 4.42 Å². The molecule has 0 amide bonds. The van der Waals surface area contributed by atoms with Gasteiger partial charge >= 0.3 is 0 Å². The quantitative estimate of drug-likeness (QED) is 0.187. The number of nitrogens with zero attached hydrogens (tertiary/aromatic N) is 4. The molecule has 4 heterocycles. The molecule has 51 heavy (non-hydrogen) atoms. The number of furan rings is 1. The van der Waals surface area contributed by atoms with Crippen LogP contribution in [0.2, 0.25) is 0 Å². The van der Waals surface area contributed by atoms with Gasteiger partial charge in [-0.25, -0.2) is 15.0 Å². The highest BCUT2D eigenvalue weighted by molar-refractivity contribution is 7.25. The van der Waals surface area contributed by atoms with Gasteiger partial charge in [0.1, 0.15) is 5.58 Å². The highest BCUT2D eigenvalue weighted by atomic mass is 32.1. The van der Waals surface area contributed by atoms with Crippen molar-refractivity contribution in [1.82, 2.24) is 19.5 Å². The van der Waals surface area contributed by atoms with Crippen LogP contribution in [0.5, 0.6) is 0 Å². The summed E-state index contributed by atoms with van der Waals surface area (Å²) < 4.78 is 11.8. The Hall–Kier alpha value is -6.63. The summed E-state index contributed by atoms with van der Waals surface area (Å²) in [6.45, 7) is 0. The van der Waals surface area contributed by atoms with Crippen LogP contribution >= 0.6 is 11.3 Å². The third-order valence-electron chi connectivity index (χ3n) is 9.86. The Morgan fingerprint density at radius 1 is 0.431 bits per heavy atom. The van der Waals surface area contributed by atoms with Crippen molar-refractivity contribution in [1.29, 1.82) is 0 Å². The van der Waals surface area contributed by atoms with Gasteiger partial charge in [0.15, 0.2) is 23.1 Å². The predicted octanol–water partition coefficient (Wildman–Crippen LogP) is 12.2. The molecule has 7 aromatic carbocycles. The first-order chi connectivity index (χ1) is 25.3. The number of benzene rings is 7. The minimum atomic E-state index is 0.568. The van der Waals surface area contributed by atoms with Crippen molar-refractivity contribution in [2.45, 2.75) is 0 Å². The van der Waals surface area contributed by atoms with E-state index in [2.05, 4.69) is 126 Å². The minimum absolute atomic E-state index is 0.568. The second-order valence-corrected chi connectivity index (χ2v) is 13.9. The third kappa shape index (κ3) is 4.30. The van der Waals surface area contributed by atoms with Gasteiger partial charge in [0.2, 0.25) is 0 Å². The van der Waals surface area contributed by atoms with E-state index in [4.69, 9.17) is 19.4 Å². The lowest BCUT2D eigenvalue weighted by molar-refractivity contribution is 0.671. The molecule has 0 saturated carbocycles. The van der Waals surface area contributed by atoms with E-state index in [1.807, 2.05) is 36.4 Å². The maximum atomic E-state index is 7.01. The summed E-state index contributed by atoms with van der Waals surface area (Å²) in [6, 6.07) is 54.9. The fraction of sp³-hybridized carbons (Fsp3) is 0. The molecular formula is C45H26N4OS. The van der Waals surface area contributed by atoms with Crippen LogP contribution in [0, 0.1) is 0 Å². The van der Waals surface area contributed by atoms with Gasteiger partial charge < -0.3 is 8.98 Å². The SMILES string of the molecule is c1ccc(-c2nc(-c3ccc4sc5ccccc5c4c3)nc(-c3cccc4c3oc3c4ccc4c5ccccc5n(-c5ccccc5)c43)n2)cc1. The van der Waals surface area contributed by atoms with Gasteiger partial charge in [-0.05, 0) is 54.6 Å². The van der Waals surface area contributed by atoms with Crippen molar-refractivity contribution in [2.75, 3.05) is 0 Å². The van der Waals surface area contributed by atoms with Crippen molar-refractivity contribution in [3.63, 3.8) is 0 Å². The molecule has 0 aliphatic rings. The third-order valence-corrected chi connectivity index (χ3v) is 11.0. The van der Waals surface area contributed by atoms with Crippen LogP contribution < -0.4 is 0 Å². The maximum Gasteiger partial charge on any atom is 0.167 e. The molecule has 11 rings (SSSR count). The zero-order valence-electron chi connectivity index (χ0n) is 27.1. The molecule has 0 aliphatic heterocycles. The van der Waals surface area contributed by atoms with E-state index in [0.717, 1.165) is 60.7 Å². The molecule has 0 atom stereocenters. The van der Waals surface area contributed by atoms with Gasteiger partial charge in [0, 0.05) is 58.5 Å². The highest BCUT2D eigenvalue weighted by Gasteiger charge is 2.22. The normalized spacial score (nSPS) is 11.9. The van der Waals surface area contributed by atoms with Crippen molar-refractivity contribution in [3.05, 3.63) is 158 Å². The van der Waals surface area contributed by atoms with Gasteiger partial charge in [-0.2, -0.15) is 0 Å². The first kappa shape index (κ1) is 28.2. The van der Waals surface area contributed by atoms with Crippen molar-refractivity contribution in [3.8, 4) is 39.9 Å². The van der Waals surface area contributed by atoms with Crippen LogP contribution in [0.1, 0.15) is 0 Å². The van der Waals surface area contributed by atoms with E-state index < -0.39 is 0 Å². The van der Waals surface area contributed by atoms with Crippen LogP contribution in [-0.4, -0.2) is 19.5 Å². The molecule has 238 valence electrons. The molecule has 0 aliphatic carbocycles. The number of aromatic nitrogens is 4.